The number of hydrogen-bond acceptors (Lipinski definition) is 11. The van der Waals surface area contributed by atoms with Crippen LogP contribution in [0.25, 0.3) is 0 Å². The predicted octanol–water partition coefficient (Wildman–Crippen LogP) is 4.82. The highest BCUT2D eigenvalue weighted by Gasteiger charge is 2.34. The summed E-state index contributed by atoms with van der Waals surface area (Å²) in [7, 11) is 1.60. The molecule has 264 valence electrons. The topological polar surface area (TPSA) is 136 Å². The Morgan fingerprint density at radius 2 is 1.66 bits per heavy atom. The number of rotatable bonds is 11. The van der Waals surface area contributed by atoms with Crippen LogP contribution in [0.15, 0.2) is 55.4 Å². The molecule has 1 saturated carbocycles. The summed E-state index contributed by atoms with van der Waals surface area (Å²) >= 11 is 0. The van der Waals surface area contributed by atoms with Crippen molar-refractivity contribution in [2.45, 2.75) is 50.2 Å². The van der Waals surface area contributed by atoms with Crippen LogP contribution in [0.3, 0.4) is 0 Å². The maximum Gasteiger partial charge on any atom is 0.335 e. The molecular weight excluding hydrogens is 643 g/mol. The fourth-order valence-electron chi connectivity index (χ4n) is 7.36. The van der Waals surface area contributed by atoms with Gasteiger partial charge in [0.2, 0.25) is 5.91 Å². The molecule has 1 amide bonds. The van der Waals surface area contributed by atoms with Crippen LogP contribution < -0.4 is 25.3 Å². The number of nitrogens with zero attached hydrogens (tertiary/aromatic N) is 6. The summed E-state index contributed by atoms with van der Waals surface area (Å²) in [6, 6.07) is 10.1. The van der Waals surface area contributed by atoms with Crippen molar-refractivity contribution in [2.75, 3.05) is 73.6 Å². The number of hydrogen-bond donors (Lipinski definition) is 3. The molecule has 14 heteroatoms. The lowest BCUT2D eigenvalue weighted by Crippen LogP contribution is -2.53. The number of halogens is 1. The fourth-order valence-corrected chi connectivity index (χ4v) is 7.36. The number of aromatic nitrogens is 2. The van der Waals surface area contributed by atoms with Crippen molar-refractivity contribution in [2.24, 2.45) is 0 Å². The third-order valence-corrected chi connectivity index (χ3v) is 10.1. The molecular formula is C36H43FN8O5. The Morgan fingerprint density at radius 3 is 2.32 bits per heavy atom. The number of carboxylic acids is 1. The lowest BCUT2D eigenvalue weighted by Gasteiger charge is -2.43. The number of nitrogens with one attached hydrogen (secondary N) is 2. The number of hydroxylamine groups is 1. The van der Waals surface area contributed by atoms with Gasteiger partial charge in [0.25, 0.3) is 0 Å². The zero-order chi connectivity index (χ0) is 34.8. The standard InChI is InChI=1S/C36H43FN8O5/c1-3-35(46)41-28-19-29(32(49-2)20-31(28)44-9-6-27(7-10-44)43-13-11-42(12-14-43)26-4-5-26)40-33-21-34(39-22-38-33)45-30(8-15-50-45)23-16-24(36(47)48)18-25(37)17-23/h3,16-22,26-27,30H,1,4-15H2,2H3,(H,41,46)(H,47,48)(H,38,39,40)/t30-/m1/s1. The predicted molar refractivity (Wildman–Crippen MR) is 188 cm³/mol. The highest BCUT2D eigenvalue weighted by Crippen LogP contribution is 2.41. The largest absolute Gasteiger partial charge is 0.494 e. The number of piperazine rings is 1. The number of carbonyl (C=O) groups is 2. The minimum atomic E-state index is -1.21. The van der Waals surface area contributed by atoms with E-state index in [0.29, 0.717) is 53.4 Å². The first-order valence-electron chi connectivity index (χ1n) is 17.2. The number of aromatic carboxylic acids is 1. The first-order valence-corrected chi connectivity index (χ1v) is 17.2. The number of piperidine rings is 1. The molecule has 1 aromatic heterocycles. The first kappa shape index (κ1) is 33.7. The van der Waals surface area contributed by atoms with E-state index in [9.17, 15) is 19.1 Å². The highest BCUT2D eigenvalue weighted by atomic mass is 19.1. The Bertz CT molecular complexity index is 1740. The summed E-state index contributed by atoms with van der Waals surface area (Å²) < 4.78 is 20.2. The van der Waals surface area contributed by atoms with Crippen molar-refractivity contribution in [1.82, 2.24) is 19.8 Å². The molecule has 4 fully saturated rings. The van der Waals surface area contributed by atoms with E-state index in [2.05, 4.69) is 41.9 Å². The van der Waals surface area contributed by atoms with Gasteiger partial charge in [0.05, 0.1) is 42.4 Å². The molecule has 0 spiro atoms. The number of ether oxygens (including phenoxy) is 1. The second-order valence-corrected chi connectivity index (χ2v) is 13.2. The van der Waals surface area contributed by atoms with Crippen LogP contribution in [-0.2, 0) is 9.63 Å². The number of anilines is 5. The molecule has 13 nitrogen and oxygen atoms in total. The van der Waals surface area contributed by atoms with Gasteiger partial charge in [-0.1, -0.05) is 6.58 Å². The molecule has 0 bridgehead atoms. The SMILES string of the molecule is C=CC(=O)Nc1cc(Nc2cc(N3OCC[C@@H]3c3cc(F)cc(C(=O)O)c3)ncn2)c(OC)cc1N1CCC(N2CCN(C3CC3)CC2)CC1. The number of carboxylic acid groups (broad SMARTS) is 1. The first-order chi connectivity index (χ1) is 24.3. The van der Waals surface area contributed by atoms with Gasteiger partial charge >= 0.3 is 5.97 Å². The Balaban J connectivity index is 1.09. The van der Waals surface area contributed by atoms with Gasteiger partial charge in [-0.25, -0.2) is 24.2 Å². The molecule has 3 aliphatic heterocycles. The minimum absolute atomic E-state index is 0.140. The number of carbonyl (C=O) groups excluding carboxylic acids is 1. The third kappa shape index (κ3) is 7.37. The zero-order valence-corrected chi connectivity index (χ0v) is 28.2. The number of amides is 1. The molecule has 50 heavy (non-hydrogen) atoms. The Morgan fingerprint density at radius 1 is 0.940 bits per heavy atom. The van der Waals surface area contributed by atoms with Crippen LogP contribution in [-0.4, -0.2) is 102 Å². The molecule has 0 unspecified atom stereocenters. The maximum absolute atomic E-state index is 14.4. The average molecular weight is 687 g/mol. The van der Waals surface area contributed by atoms with Crippen LogP contribution >= 0.6 is 0 Å². The van der Waals surface area contributed by atoms with Gasteiger partial charge in [-0.15, -0.1) is 0 Å². The van der Waals surface area contributed by atoms with E-state index in [0.717, 1.165) is 69.9 Å². The Kier molecular flexibility index (Phi) is 9.83. The number of methoxy groups -OCH3 is 1. The van der Waals surface area contributed by atoms with Crippen LogP contribution in [0.4, 0.5) is 33.1 Å². The van der Waals surface area contributed by atoms with E-state index in [1.54, 1.807) is 18.2 Å². The van der Waals surface area contributed by atoms with Crippen molar-refractivity contribution in [3.63, 3.8) is 0 Å². The van der Waals surface area contributed by atoms with E-state index >= 15 is 0 Å². The molecule has 2 aromatic carbocycles. The summed E-state index contributed by atoms with van der Waals surface area (Å²) in [4.78, 5) is 46.4. The fraction of sp³-hybridized carbons (Fsp3) is 0.444. The van der Waals surface area contributed by atoms with Crippen molar-refractivity contribution in [3.05, 3.63) is 72.3 Å². The Labute approximate surface area is 290 Å². The van der Waals surface area contributed by atoms with Gasteiger partial charge in [-0.3, -0.25) is 19.4 Å². The molecule has 1 atom stereocenters. The van der Waals surface area contributed by atoms with E-state index in [1.165, 1.54) is 37.4 Å². The van der Waals surface area contributed by atoms with Crippen molar-refractivity contribution < 1.29 is 28.7 Å². The molecule has 7 rings (SSSR count). The van der Waals surface area contributed by atoms with Gasteiger partial charge in [0.1, 0.15) is 23.7 Å². The van der Waals surface area contributed by atoms with E-state index in [1.807, 2.05) is 12.1 Å². The molecule has 4 aliphatic rings. The quantitative estimate of drug-likeness (QED) is 0.239. The van der Waals surface area contributed by atoms with Crippen LogP contribution in [0.5, 0.6) is 5.75 Å². The summed E-state index contributed by atoms with van der Waals surface area (Å²) in [5.41, 5.74) is 2.38. The van der Waals surface area contributed by atoms with Crippen molar-refractivity contribution >= 4 is 40.6 Å². The van der Waals surface area contributed by atoms with E-state index in [4.69, 9.17) is 9.57 Å². The average Bonchev–Trinajstić information content (AvgIpc) is 3.87. The molecule has 1 aliphatic carbocycles. The minimum Gasteiger partial charge on any atom is -0.494 e. The molecule has 4 heterocycles. The van der Waals surface area contributed by atoms with Gasteiger partial charge in [-0.05, 0) is 61.6 Å². The third-order valence-electron chi connectivity index (χ3n) is 10.1. The second-order valence-electron chi connectivity index (χ2n) is 13.2. The second kappa shape index (κ2) is 14.6. The lowest BCUT2D eigenvalue weighted by molar-refractivity contribution is -0.111. The highest BCUT2D eigenvalue weighted by molar-refractivity contribution is 6.02. The summed E-state index contributed by atoms with van der Waals surface area (Å²) in [5.74, 6) is -0.793. The summed E-state index contributed by atoms with van der Waals surface area (Å²) in [5, 5.41) is 17.3. The number of benzene rings is 2. The normalized spacial score (nSPS) is 20.5. The smallest absolute Gasteiger partial charge is 0.335 e. The molecule has 0 radical (unpaired) electrons. The molecule has 3 N–H and O–H groups in total. The lowest BCUT2D eigenvalue weighted by atomic mass is 10.0. The van der Waals surface area contributed by atoms with Crippen LogP contribution in [0.2, 0.25) is 0 Å². The Hall–Kier alpha value is -4.79. The van der Waals surface area contributed by atoms with Crippen molar-refractivity contribution in [3.8, 4) is 5.75 Å². The zero-order valence-electron chi connectivity index (χ0n) is 28.2. The van der Waals surface area contributed by atoms with E-state index in [-0.39, 0.29) is 11.5 Å². The van der Waals surface area contributed by atoms with Crippen molar-refractivity contribution in [1.29, 1.82) is 0 Å². The van der Waals surface area contributed by atoms with Crippen LogP contribution in [0, 0.1) is 5.82 Å². The van der Waals surface area contributed by atoms with E-state index < -0.39 is 17.8 Å². The summed E-state index contributed by atoms with van der Waals surface area (Å²) in [6.45, 7) is 10.3. The maximum atomic E-state index is 14.4. The van der Waals surface area contributed by atoms with Gasteiger partial charge in [0.15, 0.2) is 5.82 Å². The van der Waals surface area contributed by atoms with Gasteiger partial charge in [0, 0.05) is 69.9 Å². The molecule has 3 aromatic rings. The van der Waals surface area contributed by atoms with Gasteiger partial charge < -0.3 is 25.4 Å². The van der Waals surface area contributed by atoms with Gasteiger partial charge in [-0.2, -0.15) is 0 Å². The monoisotopic (exact) mass is 686 g/mol. The van der Waals surface area contributed by atoms with Crippen LogP contribution in [0.1, 0.15) is 54.1 Å². The molecule has 3 saturated heterocycles. The summed E-state index contributed by atoms with van der Waals surface area (Å²) in [6.07, 6.45) is 7.91.